The van der Waals surface area contributed by atoms with E-state index in [2.05, 4.69) is 26.0 Å². The van der Waals surface area contributed by atoms with E-state index in [0.29, 0.717) is 10.2 Å². The van der Waals surface area contributed by atoms with Crippen molar-refractivity contribution >= 4 is 60.8 Å². The van der Waals surface area contributed by atoms with Gasteiger partial charge in [0.2, 0.25) is 15.9 Å². The number of benzene rings is 2. The van der Waals surface area contributed by atoms with E-state index in [-0.39, 0.29) is 16.3 Å². The first-order chi connectivity index (χ1) is 12.6. The molecule has 0 fully saturated rings. The van der Waals surface area contributed by atoms with Crippen molar-refractivity contribution in [2.24, 2.45) is 0 Å². The smallest absolute Gasteiger partial charge is 0.339 e. The number of amides is 1. The third-order valence-corrected chi connectivity index (χ3v) is 5.59. The Balaban J connectivity index is 2.25. The lowest BCUT2D eigenvalue weighted by Crippen LogP contribution is -2.37. The number of methoxy groups -OCH3 is 1. The highest BCUT2D eigenvalue weighted by molar-refractivity contribution is 9.10. The second-order valence-electron chi connectivity index (χ2n) is 5.46. The first kappa shape index (κ1) is 21.2. The van der Waals surface area contributed by atoms with Gasteiger partial charge in [-0.05, 0) is 46.3 Å². The van der Waals surface area contributed by atoms with Crippen molar-refractivity contribution in [1.29, 1.82) is 0 Å². The lowest BCUT2D eigenvalue weighted by Gasteiger charge is -2.23. The predicted molar refractivity (Wildman–Crippen MR) is 108 cm³/mol. The fourth-order valence-corrected chi connectivity index (χ4v) is 3.91. The molecule has 0 aliphatic rings. The van der Waals surface area contributed by atoms with Crippen molar-refractivity contribution in [3.63, 3.8) is 0 Å². The Kier molecular flexibility index (Phi) is 6.85. The highest BCUT2D eigenvalue weighted by Crippen LogP contribution is 2.27. The molecule has 2 aromatic carbocycles. The molecule has 2 aromatic rings. The summed E-state index contributed by atoms with van der Waals surface area (Å²) in [6, 6.07) is 10.9. The number of rotatable bonds is 6. The highest BCUT2D eigenvalue weighted by atomic mass is 79.9. The van der Waals surface area contributed by atoms with Gasteiger partial charge in [-0.25, -0.2) is 13.2 Å². The molecule has 1 N–H and O–H groups in total. The van der Waals surface area contributed by atoms with Crippen molar-refractivity contribution in [1.82, 2.24) is 0 Å². The van der Waals surface area contributed by atoms with E-state index in [1.807, 2.05) is 0 Å². The molecule has 7 nitrogen and oxygen atoms in total. The van der Waals surface area contributed by atoms with Crippen LogP contribution in [0.1, 0.15) is 10.4 Å². The van der Waals surface area contributed by atoms with Crippen molar-refractivity contribution in [2.45, 2.75) is 0 Å². The number of anilines is 2. The number of para-hydroxylation sites is 1. The maximum absolute atomic E-state index is 12.4. The summed E-state index contributed by atoms with van der Waals surface area (Å²) in [6.45, 7) is -0.447. The number of hydrogen-bond acceptors (Lipinski definition) is 5. The van der Waals surface area contributed by atoms with Gasteiger partial charge in [0, 0.05) is 10.2 Å². The molecule has 1 amide bonds. The topological polar surface area (TPSA) is 92.8 Å². The molecular formula is C17H16BrClN2O5S. The molecule has 0 saturated carbocycles. The molecule has 27 heavy (non-hydrogen) atoms. The summed E-state index contributed by atoms with van der Waals surface area (Å²) >= 11 is 9.23. The Bertz CT molecular complexity index is 981. The average Bonchev–Trinajstić information content (AvgIpc) is 2.60. The van der Waals surface area contributed by atoms with Gasteiger partial charge in [0.1, 0.15) is 6.54 Å². The third-order valence-electron chi connectivity index (χ3n) is 3.46. The van der Waals surface area contributed by atoms with Crippen LogP contribution < -0.4 is 9.62 Å². The number of carbonyl (C=O) groups is 2. The first-order valence-corrected chi connectivity index (χ1v) is 10.6. The number of sulfonamides is 1. The van der Waals surface area contributed by atoms with Crippen LogP contribution in [0.15, 0.2) is 46.9 Å². The lowest BCUT2D eigenvalue weighted by molar-refractivity contribution is -0.114. The van der Waals surface area contributed by atoms with Crippen LogP contribution in [0.3, 0.4) is 0 Å². The first-order valence-electron chi connectivity index (χ1n) is 7.53. The largest absolute Gasteiger partial charge is 0.465 e. The molecule has 0 radical (unpaired) electrons. The average molecular weight is 476 g/mol. The summed E-state index contributed by atoms with van der Waals surface area (Å²) in [5, 5.41) is 2.73. The molecular weight excluding hydrogens is 460 g/mol. The Hall–Kier alpha value is -2.10. The monoisotopic (exact) mass is 474 g/mol. The van der Waals surface area contributed by atoms with Crippen molar-refractivity contribution in [2.75, 3.05) is 29.5 Å². The minimum Gasteiger partial charge on any atom is -0.465 e. The summed E-state index contributed by atoms with van der Waals surface area (Å²) in [5.74, 6) is -1.24. The number of esters is 1. The molecule has 0 aliphatic carbocycles. The highest BCUT2D eigenvalue weighted by Gasteiger charge is 2.23. The predicted octanol–water partition coefficient (Wildman–Crippen LogP) is 3.29. The zero-order valence-corrected chi connectivity index (χ0v) is 17.6. The van der Waals surface area contributed by atoms with Gasteiger partial charge in [-0.3, -0.25) is 9.10 Å². The number of nitrogens with one attached hydrogen (secondary N) is 1. The molecule has 0 atom stereocenters. The fourth-order valence-electron chi connectivity index (χ4n) is 2.24. The lowest BCUT2D eigenvalue weighted by atomic mass is 10.2. The molecule has 0 heterocycles. The van der Waals surface area contributed by atoms with Gasteiger partial charge >= 0.3 is 5.97 Å². The zero-order chi connectivity index (χ0) is 20.2. The second kappa shape index (κ2) is 8.73. The normalized spacial score (nSPS) is 11.0. The van der Waals surface area contributed by atoms with Crippen LogP contribution in [0.2, 0.25) is 5.02 Å². The standard InChI is InChI=1S/C17H16BrClN2O5S/c1-26-17(23)12-9-11(7-8-14(12)19)20-16(22)10-21(27(2,24)25)15-6-4-3-5-13(15)18/h3-9H,10H2,1-2H3,(H,20,22). The van der Waals surface area contributed by atoms with E-state index < -0.39 is 28.4 Å². The van der Waals surface area contributed by atoms with Crippen molar-refractivity contribution < 1.29 is 22.7 Å². The van der Waals surface area contributed by atoms with Gasteiger partial charge in [-0.1, -0.05) is 23.7 Å². The van der Waals surface area contributed by atoms with Crippen molar-refractivity contribution in [3.8, 4) is 0 Å². The van der Waals surface area contributed by atoms with E-state index in [4.69, 9.17) is 11.6 Å². The number of carbonyl (C=O) groups excluding carboxylic acids is 2. The van der Waals surface area contributed by atoms with Crippen LogP contribution >= 0.6 is 27.5 Å². The quantitative estimate of drug-likeness (QED) is 0.647. The summed E-state index contributed by atoms with van der Waals surface area (Å²) in [7, 11) is -2.50. The number of hydrogen-bond donors (Lipinski definition) is 1. The summed E-state index contributed by atoms with van der Waals surface area (Å²) < 4.78 is 30.4. The Morgan fingerprint density at radius 1 is 1.22 bits per heavy atom. The van der Waals surface area contributed by atoms with Gasteiger partial charge in [-0.2, -0.15) is 0 Å². The summed E-state index contributed by atoms with van der Waals surface area (Å²) in [6.07, 6.45) is 1.01. The van der Waals surface area contributed by atoms with E-state index in [0.717, 1.165) is 10.6 Å². The zero-order valence-electron chi connectivity index (χ0n) is 14.4. The molecule has 10 heteroatoms. The van der Waals surface area contributed by atoms with Crippen molar-refractivity contribution in [3.05, 3.63) is 57.5 Å². The minimum atomic E-state index is -3.71. The Labute approximate surface area is 170 Å². The summed E-state index contributed by atoms with van der Waals surface area (Å²) in [4.78, 5) is 24.1. The van der Waals surface area contributed by atoms with Crippen LogP contribution in [0.25, 0.3) is 0 Å². The molecule has 0 saturated heterocycles. The Morgan fingerprint density at radius 3 is 2.48 bits per heavy atom. The fraction of sp³-hybridized carbons (Fsp3) is 0.176. The van der Waals surface area contributed by atoms with E-state index in [1.165, 1.54) is 25.3 Å². The molecule has 144 valence electrons. The molecule has 2 rings (SSSR count). The van der Waals surface area contributed by atoms with E-state index in [9.17, 15) is 18.0 Å². The van der Waals surface area contributed by atoms with Gasteiger partial charge in [0.15, 0.2) is 0 Å². The van der Waals surface area contributed by atoms with Gasteiger partial charge < -0.3 is 10.1 Å². The maximum atomic E-state index is 12.4. The van der Waals surface area contributed by atoms with Gasteiger partial charge in [0.25, 0.3) is 0 Å². The Morgan fingerprint density at radius 2 is 1.89 bits per heavy atom. The number of halogens is 2. The summed E-state index contributed by atoms with van der Waals surface area (Å²) in [5.41, 5.74) is 0.703. The number of ether oxygens (including phenoxy) is 1. The maximum Gasteiger partial charge on any atom is 0.339 e. The molecule has 0 aliphatic heterocycles. The van der Waals surface area contributed by atoms with Crippen LogP contribution in [-0.4, -0.2) is 40.2 Å². The van der Waals surface area contributed by atoms with E-state index >= 15 is 0 Å². The molecule has 0 bridgehead atoms. The molecule has 0 spiro atoms. The third kappa shape index (κ3) is 5.44. The van der Waals surface area contributed by atoms with Crippen LogP contribution in [0.5, 0.6) is 0 Å². The SMILES string of the molecule is COC(=O)c1cc(NC(=O)CN(c2ccccc2Br)S(C)(=O)=O)ccc1Cl. The molecule has 0 unspecified atom stereocenters. The van der Waals surface area contributed by atoms with Gasteiger partial charge in [0.05, 0.1) is 29.6 Å². The van der Waals surface area contributed by atoms with Crippen LogP contribution in [0.4, 0.5) is 11.4 Å². The van der Waals surface area contributed by atoms with Gasteiger partial charge in [-0.15, -0.1) is 0 Å². The molecule has 0 aromatic heterocycles. The number of nitrogens with zero attached hydrogens (tertiary/aromatic N) is 1. The minimum absolute atomic E-state index is 0.0859. The van der Waals surface area contributed by atoms with Crippen LogP contribution in [0, 0.1) is 0 Å². The van der Waals surface area contributed by atoms with Crippen LogP contribution in [-0.2, 0) is 19.6 Å². The second-order valence-corrected chi connectivity index (χ2v) is 8.62. The van der Waals surface area contributed by atoms with E-state index in [1.54, 1.807) is 24.3 Å².